The Kier molecular flexibility index (Phi) is 17.6. The first-order chi connectivity index (χ1) is 9.93. The molecule has 0 heterocycles. The van der Waals surface area contributed by atoms with Crippen LogP contribution in [0, 0.1) is 0 Å². The molecule has 0 rings (SSSR count). The van der Waals surface area contributed by atoms with Crippen molar-refractivity contribution in [3.8, 4) is 0 Å². The van der Waals surface area contributed by atoms with Crippen LogP contribution in [0.15, 0.2) is 0 Å². The third kappa shape index (κ3) is 13.3. The normalized spacial score (nSPS) is 14.4. The second kappa shape index (κ2) is 15.4. The SMILES string of the molecule is CCCCCCCCCC(O)C(CCCCC)S(=O)(=O)[O-].[Na+]. The van der Waals surface area contributed by atoms with E-state index in [0.717, 1.165) is 32.1 Å². The summed E-state index contributed by atoms with van der Waals surface area (Å²) in [6.07, 6.45) is 10.1. The molecule has 0 bridgehead atoms. The average molecular weight is 344 g/mol. The molecule has 0 amide bonds. The number of aliphatic hydroxyl groups excluding tert-OH is 1. The van der Waals surface area contributed by atoms with E-state index in [9.17, 15) is 18.1 Å². The zero-order valence-electron chi connectivity index (χ0n) is 14.7. The Balaban J connectivity index is 0. The van der Waals surface area contributed by atoms with Crippen LogP contribution >= 0.6 is 0 Å². The molecule has 0 aromatic rings. The first-order valence-corrected chi connectivity index (χ1v) is 10.0. The van der Waals surface area contributed by atoms with Gasteiger partial charge in [0.15, 0.2) is 0 Å². The molecule has 1 N–H and O–H groups in total. The summed E-state index contributed by atoms with van der Waals surface area (Å²) < 4.78 is 33.8. The van der Waals surface area contributed by atoms with E-state index in [0.29, 0.717) is 12.8 Å². The van der Waals surface area contributed by atoms with E-state index in [1.165, 1.54) is 25.7 Å². The molecule has 0 aliphatic carbocycles. The number of aliphatic hydroxyl groups is 1. The molecule has 2 atom stereocenters. The van der Waals surface area contributed by atoms with Gasteiger partial charge in [-0.1, -0.05) is 78.1 Å². The van der Waals surface area contributed by atoms with Gasteiger partial charge in [-0.25, -0.2) is 8.42 Å². The Hall–Kier alpha value is 0.870. The second-order valence-corrected chi connectivity index (χ2v) is 7.60. The van der Waals surface area contributed by atoms with Gasteiger partial charge in [-0.2, -0.15) is 0 Å². The van der Waals surface area contributed by atoms with E-state index in [2.05, 4.69) is 6.92 Å². The van der Waals surface area contributed by atoms with E-state index in [4.69, 9.17) is 0 Å². The Morgan fingerprint density at radius 2 is 1.23 bits per heavy atom. The molecular weight excluding hydrogens is 311 g/mol. The maximum Gasteiger partial charge on any atom is 1.00 e. The summed E-state index contributed by atoms with van der Waals surface area (Å²) in [6, 6.07) is 0. The third-order valence-corrected chi connectivity index (χ3v) is 5.29. The van der Waals surface area contributed by atoms with Gasteiger partial charge in [0, 0.05) is 0 Å². The minimum atomic E-state index is -4.40. The van der Waals surface area contributed by atoms with Crippen molar-refractivity contribution in [2.24, 2.45) is 0 Å². The fraction of sp³-hybridized carbons (Fsp3) is 1.00. The molecule has 22 heavy (non-hydrogen) atoms. The summed E-state index contributed by atoms with van der Waals surface area (Å²) in [5, 5.41) is 8.88. The first kappa shape index (κ1) is 25.1. The summed E-state index contributed by atoms with van der Waals surface area (Å²) in [7, 11) is -4.40. The average Bonchev–Trinajstić information content (AvgIpc) is 2.41. The molecule has 0 fully saturated rings. The quantitative estimate of drug-likeness (QED) is 0.290. The number of hydrogen-bond acceptors (Lipinski definition) is 4. The van der Waals surface area contributed by atoms with Crippen molar-refractivity contribution < 1.29 is 47.6 Å². The third-order valence-electron chi connectivity index (χ3n) is 4.00. The van der Waals surface area contributed by atoms with Gasteiger partial charge in [-0.05, 0) is 12.8 Å². The maximum atomic E-state index is 11.3. The van der Waals surface area contributed by atoms with Crippen molar-refractivity contribution in [1.29, 1.82) is 0 Å². The van der Waals surface area contributed by atoms with Crippen LogP contribution in [0.25, 0.3) is 0 Å². The fourth-order valence-corrected chi connectivity index (χ4v) is 3.60. The number of hydrogen-bond donors (Lipinski definition) is 1. The minimum Gasteiger partial charge on any atom is -0.748 e. The van der Waals surface area contributed by atoms with Crippen LogP contribution in [-0.2, 0) is 10.1 Å². The molecule has 6 heteroatoms. The monoisotopic (exact) mass is 344 g/mol. The van der Waals surface area contributed by atoms with E-state index in [-0.39, 0.29) is 36.0 Å². The van der Waals surface area contributed by atoms with E-state index in [1.807, 2.05) is 6.92 Å². The predicted molar refractivity (Wildman–Crippen MR) is 86.2 cm³/mol. The van der Waals surface area contributed by atoms with Gasteiger partial charge in [0.05, 0.1) is 11.4 Å². The van der Waals surface area contributed by atoms with Gasteiger partial charge >= 0.3 is 29.6 Å². The van der Waals surface area contributed by atoms with Crippen molar-refractivity contribution in [3.63, 3.8) is 0 Å². The minimum absolute atomic E-state index is 0. The molecular formula is C16H33NaO4S. The maximum absolute atomic E-state index is 11.3. The fourth-order valence-electron chi connectivity index (χ4n) is 2.62. The molecule has 0 saturated heterocycles. The zero-order chi connectivity index (χ0) is 16.1. The van der Waals surface area contributed by atoms with Gasteiger partial charge in [-0.15, -0.1) is 0 Å². The van der Waals surface area contributed by atoms with Gasteiger partial charge < -0.3 is 9.66 Å². The Labute approximate surface area is 159 Å². The molecule has 0 aromatic carbocycles. The largest absolute Gasteiger partial charge is 1.00 e. The standard InChI is InChI=1S/C16H34O4S.Na/c1-3-5-7-8-9-10-12-13-15(17)16(21(18,19)20)14-11-6-4-2;/h15-17H,3-14H2,1-2H3,(H,18,19,20);/q;+1/p-1. The summed E-state index contributed by atoms with van der Waals surface area (Å²) in [5.74, 6) is 0. The smallest absolute Gasteiger partial charge is 0.748 e. The molecule has 4 nitrogen and oxygen atoms in total. The Bertz CT molecular complexity index is 333. The molecule has 0 spiro atoms. The molecule has 0 aliphatic rings. The number of unbranched alkanes of at least 4 members (excludes halogenated alkanes) is 8. The van der Waals surface area contributed by atoms with Gasteiger partial charge in [0.1, 0.15) is 10.1 Å². The van der Waals surface area contributed by atoms with Gasteiger partial charge in [0.25, 0.3) is 0 Å². The summed E-state index contributed by atoms with van der Waals surface area (Å²) in [4.78, 5) is 0. The summed E-state index contributed by atoms with van der Waals surface area (Å²) in [5.41, 5.74) is 0. The second-order valence-electron chi connectivity index (χ2n) is 6.00. The van der Waals surface area contributed by atoms with E-state index in [1.54, 1.807) is 0 Å². The topological polar surface area (TPSA) is 77.4 Å². The van der Waals surface area contributed by atoms with Crippen molar-refractivity contribution in [3.05, 3.63) is 0 Å². The van der Waals surface area contributed by atoms with Crippen LogP contribution in [0.3, 0.4) is 0 Å². The first-order valence-electron chi connectivity index (χ1n) is 8.56. The number of rotatable bonds is 14. The van der Waals surface area contributed by atoms with E-state index >= 15 is 0 Å². The summed E-state index contributed by atoms with van der Waals surface area (Å²) >= 11 is 0. The van der Waals surface area contributed by atoms with Crippen LogP contribution in [0.2, 0.25) is 0 Å². The van der Waals surface area contributed by atoms with Crippen molar-refractivity contribution in [1.82, 2.24) is 0 Å². The van der Waals surface area contributed by atoms with Gasteiger partial charge in [0.2, 0.25) is 0 Å². The van der Waals surface area contributed by atoms with Crippen molar-refractivity contribution >= 4 is 10.1 Å². The van der Waals surface area contributed by atoms with Gasteiger partial charge in [-0.3, -0.25) is 0 Å². The molecule has 2 unspecified atom stereocenters. The Morgan fingerprint density at radius 1 is 0.818 bits per heavy atom. The summed E-state index contributed by atoms with van der Waals surface area (Å²) in [6.45, 7) is 4.20. The van der Waals surface area contributed by atoms with Crippen molar-refractivity contribution in [2.45, 2.75) is 102 Å². The van der Waals surface area contributed by atoms with Crippen LogP contribution in [0.1, 0.15) is 90.9 Å². The van der Waals surface area contributed by atoms with Crippen LogP contribution in [0.4, 0.5) is 0 Å². The Morgan fingerprint density at radius 3 is 1.73 bits per heavy atom. The molecule has 128 valence electrons. The van der Waals surface area contributed by atoms with Crippen LogP contribution in [-0.4, -0.2) is 29.4 Å². The molecule has 0 aromatic heterocycles. The van der Waals surface area contributed by atoms with Crippen LogP contribution < -0.4 is 29.6 Å². The van der Waals surface area contributed by atoms with Crippen LogP contribution in [0.5, 0.6) is 0 Å². The molecule has 0 radical (unpaired) electrons. The molecule has 0 aliphatic heterocycles. The predicted octanol–water partition coefficient (Wildman–Crippen LogP) is 0.986. The van der Waals surface area contributed by atoms with E-state index < -0.39 is 21.5 Å². The van der Waals surface area contributed by atoms with Crippen molar-refractivity contribution in [2.75, 3.05) is 0 Å². The molecule has 0 saturated carbocycles. The zero-order valence-corrected chi connectivity index (χ0v) is 17.5.